The van der Waals surface area contributed by atoms with Crippen LogP contribution in [0.15, 0.2) is 24.4 Å². The lowest BCUT2D eigenvalue weighted by Crippen LogP contribution is -2.41. The number of rotatable bonds is 5. The molecule has 3 rings (SSSR count). The summed E-state index contributed by atoms with van der Waals surface area (Å²) in [5.74, 6) is 2.34. The Morgan fingerprint density at radius 1 is 1.45 bits per heavy atom. The maximum absolute atomic E-state index is 12.0. The topological polar surface area (TPSA) is 56.9 Å². The molecule has 3 N–H and O–H groups in total. The summed E-state index contributed by atoms with van der Waals surface area (Å²) in [7, 11) is 0. The molecule has 1 unspecified atom stereocenters. The summed E-state index contributed by atoms with van der Waals surface area (Å²) >= 11 is 1.92. The van der Waals surface area contributed by atoms with Gasteiger partial charge in [0.05, 0.1) is 0 Å². The minimum atomic E-state index is 0.150. The molecule has 1 atom stereocenters. The van der Waals surface area contributed by atoms with Crippen molar-refractivity contribution in [1.82, 2.24) is 15.6 Å². The number of hydrogen-bond donors (Lipinski definition) is 3. The number of aryl methyl sites for hydroxylation is 1. The van der Waals surface area contributed by atoms with E-state index in [0.717, 1.165) is 24.5 Å². The highest BCUT2D eigenvalue weighted by molar-refractivity contribution is 7.99. The molecule has 118 valence electrons. The van der Waals surface area contributed by atoms with Gasteiger partial charge in [-0.05, 0) is 30.5 Å². The molecule has 1 aliphatic heterocycles. The van der Waals surface area contributed by atoms with Gasteiger partial charge >= 0.3 is 0 Å². The fraction of sp³-hybridized carbons (Fsp3) is 0.471. The molecule has 22 heavy (non-hydrogen) atoms. The molecular weight excluding hydrogens is 294 g/mol. The summed E-state index contributed by atoms with van der Waals surface area (Å²) in [6, 6.07) is 6.62. The van der Waals surface area contributed by atoms with Gasteiger partial charge in [0.25, 0.3) is 0 Å². The summed E-state index contributed by atoms with van der Waals surface area (Å²) in [6.07, 6.45) is 3.51. The van der Waals surface area contributed by atoms with Gasteiger partial charge in [-0.3, -0.25) is 4.79 Å². The number of aromatic amines is 1. The van der Waals surface area contributed by atoms with Gasteiger partial charge in [0.15, 0.2) is 0 Å². The number of hydrogen-bond acceptors (Lipinski definition) is 3. The summed E-state index contributed by atoms with van der Waals surface area (Å²) in [6.45, 7) is 3.84. The predicted molar refractivity (Wildman–Crippen MR) is 93.5 cm³/mol. The second-order valence-corrected chi connectivity index (χ2v) is 6.99. The second-order valence-electron chi connectivity index (χ2n) is 5.84. The zero-order chi connectivity index (χ0) is 15.4. The SMILES string of the molecule is Cc1cccc2[nH]cc(CCNC(=O)CC3CSCCN3)c12. The van der Waals surface area contributed by atoms with Gasteiger partial charge in [-0.2, -0.15) is 11.8 Å². The number of amides is 1. The summed E-state index contributed by atoms with van der Waals surface area (Å²) in [4.78, 5) is 15.3. The Labute approximate surface area is 135 Å². The third-order valence-corrected chi connectivity index (χ3v) is 5.27. The standard InChI is InChI=1S/C17H23N3OS/c1-12-3-2-4-15-17(12)13(10-20-15)5-6-19-16(21)9-14-11-22-8-7-18-14/h2-4,10,14,18,20H,5-9,11H2,1H3,(H,19,21). The van der Waals surface area contributed by atoms with E-state index >= 15 is 0 Å². The highest BCUT2D eigenvalue weighted by Crippen LogP contribution is 2.22. The van der Waals surface area contributed by atoms with Gasteiger partial charge in [0.1, 0.15) is 0 Å². The maximum atomic E-state index is 12.0. The van der Waals surface area contributed by atoms with Crippen LogP contribution in [0.1, 0.15) is 17.5 Å². The molecule has 1 aliphatic rings. The van der Waals surface area contributed by atoms with Gasteiger partial charge in [-0.1, -0.05) is 12.1 Å². The van der Waals surface area contributed by atoms with Crippen LogP contribution in [0.3, 0.4) is 0 Å². The van der Waals surface area contributed by atoms with Crippen LogP contribution in [0.4, 0.5) is 0 Å². The minimum Gasteiger partial charge on any atom is -0.361 e. The lowest BCUT2D eigenvalue weighted by molar-refractivity contribution is -0.121. The highest BCUT2D eigenvalue weighted by atomic mass is 32.2. The first kappa shape index (κ1) is 15.4. The van der Waals surface area contributed by atoms with E-state index in [9.17, 15) is 4.79 Å². The number of thioether (sulfide) groups is 1. The third-order valence-electron chi connectivity index (χ3n) is 4.14. The number of H-pyrrole nitrogens is 1. The number of fused-ring (bicyclic) bond motifs is 1. The molecule has 0 spiro atoms. The van der Waals surface area contributed by atoms with Gasteiger partial charge < -0.3 is 15.6 Å². The Hall–Kier alpha value is -1.46. The molecule has 1 saturated heterocycles. The number of aromatic nitrogens is 1. The smallest absolute Gasteiger partial charge is 0.221 e. The molecule has 1 aromatic heterocycles. The van der Waals surface area contributed by atoms with Crippen molar-refractivity contribution in [1.29, 1.82) is 0 Å². The Kier molecular flexibility index (Phi) is 5.05. The number of carbonyl (C=O) groups excluding carboxylic acids is 1. The number of nitrogens with one attached hydrogen (secondary N) is 3. The van der Waals surface area contributed by atoms with Gasteiger partial charge in [-0.15, -0.1) is 0 Å². The second kappa shape index (κ2) is 7.20. The maximum Gasteiger partial charge on any atom is 0.221 e. The van der Waals surface area contributed by atoms with Crippen LogP contribution in [0.2, 0.25) is 0 Å². The van der Waals surface area contributed by atoms with E-state index in [0.29, 0.717) is 19.0 Å². The molecule has 0 aliphatic carbocycles. The highest BCUT2D eigenvalue weighted by Gasteiger charge is 2.16. The van der Waals surface area contributed by atoms with Crippen LogP contribution in [0.25, 0.3) is 10.9 Å². The molecule has 0 bridgehead atoms. The van der Waals surface area contributed by atoms with E-state index in [1.54, 1.807) is 0 Å². The molecule has 1 fully saturated rings. The van der Waals surface area contributed by atoms with Crippen molar-refractivity contribution in [2.24, 2.45) is 0 Å². The van der Waals surface area contributed by atoms with Crippen LogP contribution >= 0.6 is 11.8 Å². The monoisotopic (exact) mass is 317 g/mol. The Morgan fingerprint density at radius 2 is 2.36 bits per heavy atom. The molecule has 2 aromatic rings. The Morgan fingerprint density at radius 3 is 3.18 bits per heavy atom. The quantitative estimate of drug-likeness (QED) is 0.792. The first-order valence-corrected chi connectivity index (χ1v) is 9.03. The third kappa shape index (κ3) is 3.65. The number of benzene rings is 1. The minimum absolute atomic E-state index is 0.150. The van der Waals surface area contributed by atoms with Crippen LogP contribution in [0, 0.1) is 6.92 Å². The van der Waals surface area contributed by atoms with Crippen LogP contribution < -0.4 is 10.6 Å². The molecule has 2 heterocycles. The molecule has 0 radical (unpaired) electrons. The van der Waals surface area contributed by atoms with Crippen molar-refractivity contribution in [3.05, 3.63) is 35.5 Å². The van der Waals surface area contributed by atoms with E-state index in [4.69, 9.17) is 0 Å². The first-order chi connectivity index (χ1) is 10.7. The molecular formula is C17H23N3OS. The van der Waals surface area contributed by atoms with Gasteiger partial charge in [-0.25, -0.2) is 0 Å². The van der Waals surface area contributed by atoms with Crippen LogP contribution in [-0.2, 0) is 11.2 Å². The van der Waals surface area contributed by atoms with Crippen molar-refractivity contribution in [3.63, 3.8) is 0 Å². The fourth-order valence-corrected chi connectivity index (χ4v) is 3.98. The number of carbonyl (C=O) groups is 1. The van der Waals surface area contributed by atoms with E-state index in [-0.39, 0.29) is 5.91 Å². The van der Waals surface area contributed by atoms with Crippen molar-refractivity contribution >= 4 is 28.6 Å². The Bertz CT molecular complexity index is 646. The summed E-state index contributed by atoms with van der Waals surface area (Å²) in [5, 5.41) is 7.74. The predicted octanol–water partition coefficient (Wildman–Crippen LogP) is 2.23. The average Bonchev–Trinajstić information content (AvgIpc) is 2.93. The lowest BCUT2D eigenvalue weighted by atomic mass is 10.1. The fourth-order valence-electron chi connectivity index (χ4n) is 3.03. The summed E-state index contributed by atoms with van der Waals surface area (Å²) in [5.41, 5.74) is 3.73. The molecule has 1 amide bonds. The van der Waals surface area contributed by atoms with E-state index in [2.05, 4.69) is 46.9 Å². The zero-order valence-electron chi connectivity index (χ0n) is 12.9. The molecule has 4 nitrogen and oxygen atoms in total. The van der Waals surface area contributed by atoms with Crippen LogP contribution in [0.5, 0.6) is 0 Å². The van der Waals surface area contributed by atoms with Crippen molar-refractivity contribution in [2.75, 3.05) is 24.6 Å². The van der Waals surface area contributed by atoms with Crippen LogP contribution in [-0.4, -0.2) is 41.5 Å². The van der Waals surface area contributed by atoms with Gasteiger partial charge in [0.2, 0.25) is 5.91 Å². The summed E-state index contributed by atoms with van der Waals surface area (Å²) < 4.78 is 0. The molecule has 0 saturated carbocycles. The molecule has 5 heteroatoms. The van der Waals surface area contributed by atoms with Crippen molar-refractivity contribution < 1.29 is 4.79 Å². The van der Waals surface area contributed by atoms with Crippen molar-refractivity contribution in [2.45, 2.75) is 25.8 Å². The average molecular weight is 317 g/mol. The van der Waals surface area contributed by atoms with E-state index in [1.165, 1.54) is 22.0 Å². The van der Waals surface area contributed by atoms with E-state index < -0.39 is 0 Å². The molecule has 1 aromatic carbocycles. The zero-order valence-corrected chi connectivity index (χ0v) is 13.8. The lowest BCUT2D eigenvalue weighted by Gasteiger charge is -2.22. The van der Waals surface area contributed by atoms with Crippen molar-refractivity contribution in [3.8, 4) is 0 Å². The normalized spacial score (nSPS) is 18.5. The van der Waals surface area contributed by atoms with Gasteiger partial charge in [0, 0.05) is 54.2 Å². The van der Waals surface area contributed by atoms with E-state index in [1.807, 2.05) is 11.8 Å². The first-order valence-electron chi connectivity index (χ1n) is 7.87. The largest absolute Gasteiger partial charge is 0.361 e. The Balaban J connectivity index is 1.50.